The maximum Gasteiger partial charge on any atom is 0.255 e. The van der Waals surface area contributed by atoms with E-state index >= 15 is 0 Å². The summed E-state index contributed by atoms with van der Waals surface area (Å²) < 4.78 is 5.25. The van der Waals surface area contributed by atoms with Crippen LogP contribution >= 0.6 is 0 Å². The van der Waals surface area contributed by atoms with Gasteiger partial charge >= 0.3 is 0 Å². The molecule has 0 saturated heterocycles. The number of rotatable bonds is 6. The molecule has 4 aromatic rings. The average Bonchev–Trinajstić information content (AvgIpc) is 3.50. The summed E-state index contributed by atoms with van der Waals surface area (Å²) in [5.74, 6) is 0.539. The molecule has 0 saturated carbocycles. The van der Waals surface area contributed by atoms with Crippen LogP contribution in [0.2, 0.25) is 0 Å². The van der Waals surface area contributed by atoms with E-state index in [0.29, 0.717) is 24.4 Å². The van der Waals surface area contributed by atoms with Crippen LogP contribution in [0.5, 0.6) is 0 Å². The topological polar surface area (TPSA) is 78.3 Å². The molecule has 0 radical (unpaired) electrons. The minimum Gasteiger partial charge on any atom is -0.467 e. The van der Waals surface area contributed by atoms with Crippen LogP contribution in [0.15, 0.2) is 77.5 Å². The summed E-state index contributed by atoms with van der Waals surface area (Å²) in [6.07, 6.45) is 3.77. The molecule has 0 fully saturated rings. The Balaban J connectivity index is 1.40. The molecule has 6 heteroatoms. The smallest absolute Gasteiger partial charge is 0.255 e. The Hall–Kier alpha value is -3.80. The zero-order valence-corrected chi connectivity index (χ0v) is 16.3. The Morgan fingerprint density at radius 1 is 1.03 bits per heavy atom. The highest BCUT2D eigenvalue weighted by Crippen LogP contribution is 2.41. The molecule has 1 atom stereocenters. The van der Waals surface area contributed by atoms with E-state index in [1.165, 1.54) is 0 Å². The number of aromatic nitrogens is 1. The number of carbonyl (C=O) groups is 2. The van der Waals surface area contributed by atoms with Crippen molar-refractivity contribution < 1.29 is 14.0 Å². The second-order valence-corrected chi connectivity index (χ2v) is 7.38. The molecule has 1 aliphatic rings. The number of nitrogens with zero attached hydrogens (tertiary/aromatic N) is 1. The molecule has 1 aliphatic heterocycles. The van der Waals surface area contributed by atoms with Crippen LogP contribution in [-0.4, -0.2) is 28.2 Å². The van der Waals surface area contributed by atoms with Gasteiger partial charge in [0.1, 0.15) is 5.76 Å². The molecule has 6 nitrogen and oxygen atoms in total. The van der Waals surface area contributed by atoms with E-state index in [0.717, 1.165) is 22.0 Å². The number of fused-ring (bicyclic) bond motifs is 2. The summed E-state index contributed by atoms with van der Waals surface area (Å²) in [4.78, 5) is 30.7. The zero-order valence-electron chi connectivity index (χ0n) is 16.3. The highest BCUT2D eigenvalue weighted by atomic mass is 16.3. The van der Waals surface area contributed by atoms with Gasteiger partial charge in [0.05, 0.1) is 18.8 Å². The lowest BCUT2D eigenvalue weighted by atomic mass is 9.97. The molecule has 2 aromatic heterocycles. The fourth-order valence-corrected chi connectivity index (χ4v) is 4.17. The number of H-pyrrole nitrogens is 1. The van der Waals surface area contributed by atoms with Gasteiger partial charge in [0.15, 0.2) is 0 Å². The van der Waals surface area contributed by atoms with Crippen molar-refractivity contribution in [3.8, 4) is 0 Å². The molecule has 0 spiro atoms. The van der Waals surface area contributed by atoms with Gasteiger partial charge in [-0.1, -0.05) is 36.4 Å². The number of carbonyl (C=O) groups excluding carboxylic acids is 2. The van der Waals surface area contributed by atoms with Crippen molar-refractivity contribution in [3.63, 3.8) is 0 Å². The first-order chi connectivity index (χ1) is 14.7. The van der Waals surface area contributed by atoms with Crippen molar-refractivity contribution in [2.24, 2.45) is 0 Å². The van der Waals surface area contributed by atoms with Crippen LogP contribution in [0.1, 0.15) is 39.7 Å². The van der Waals surface area contributed by atoms with E-state index in [1.54, 1.807) is 17.2 Å². The number of nitrogens with one attached hydrogen (secondary N) is 2. The zero-order chi connectivity index (χ0) is 20.5. The number of para-hydroxylation sites is 1. The van der Waals surface area contributed by atoms with Gasteiger partial charge in [-0.15, -0.1) is 0 Å². The Bertz CT molecular complexity index is 1210. The molecule has 2 N–H and O–H groups in total. The van der Waals surface area contributed by atoms with Crippen molar-refractivity contribution in [1.82, 2.24) is 15.2 Å². The third-order valence-corrected chi connectivity index (χ3v) is 5.59. The van der Waals surface area contributed by atoms with E-state index < -0.39 is 0 Å². The Labute approximate surface area is 173 Å². The summed E-state index contributed by atoms with van der Waals surface area (Å²) in [5, 5.41) is 3.93. The molecule has 30 heavy (non-hydrogen) atoms. The Morgan fingerprint density at radius 2 is 1.87 bits per heavy atom. The lowest BCUT2D eigenvalue weighted by Gasteiger charge is -2.25. The second kappa shape index (κ2) is 7.55. The first-order valence-corrected chi connectivity index (χ1v) is 9.97. The number of amides is 2. The van der Waals surface area contributed by atoms with Gasteiger partial charge < -0.3 is 19.6 Å². The Morgan fingerprint density at radius 3 is 2.73 bits per heavy atom. The van der Waals surface area contributed by atoms with Crippen molar-refractivity contribution >= 4 is 22.7 Å². The predicted molar refractivity (Wildman–Crippen MR) is 113 cm³/mol. The van der Waals surface area contributed by atoms with Gasteiger partial charge in [0, 0.05) is 41.2 Å². The summed E-state index contributed by atoms with van der Waals surface area (Å²) in [7, 11) is 0. The van der Waals surface area contributed by atoms with Crippen LogP contribution in [0.4, 0.5) is 0 Å². The number of furan rings is 1. The monoisotopic (exact) mass is 399 g/mol. The van der Waals surface area contributed by atoms with E-state index in [9.17, 15) is 9.59 Å². The summed E-state index contributed by atoms with van der Waals surface area (Å²) in [6.45, 7) is 0.674. The molecular formula is C24H21N3O3. The van der Waals surface area contributed by atoms with Gasteiger partial charge in [-0.25, -0.2) is 0 Å². The van der Waals surface area contributed by atoms with Gasteiger partial charge in [-0.3, -0.25) is 9.59 Å². The SMILES string of the molecule is O=C(CCN1C(=O)c2ccccc2[C@@H]1c1c[nH]c2ccccc12)NCc1ccco1. The molecule has 5 rings (SSSR count). The van der Waals surface area contributed by atoms with E-state index in [-0.39, 0.29) is 24.3 Å². The van der Waals surface area contributed by atoms with Gasteiger partial charge in [-0.2, -0.15) is 0 Å². The molecule has 0 aliphatic carbocycles. The lowest BCUT2D eigenvalue weighted by Crippen LogP contribution is -2.33. The lowest BCUT2D eigenvalue weighted by molar-refractivity contribution is -0.121. The van der Waals surface area contributed by atoms with Crippen LogP contribution < -0.4 is 5.32 Å². The third kappa shape index (κ3) is 3.16. The quantitative estimate of drug-likeness (QED) is 0.514. The van der Waals surface area contributed by atoms with Crippen molar-refractivity contribution in [3.05, 3.63) is 95.6 Å². The van der Waals surface area contributed by atoms with Crippen molar-refractivity contribution in [2.75, 3.05) is 6.54 Å². The third-order valence-electron chi connectivity index (χ3n) is 5.59. The largest absolute Gasteiger partial charge is 0.467 e. The number of hydrogen-bond donors (Lipinski definition) is 2. The van der Waals surface area contributed by atoms with Crippen molar-refractivity contribution in [2.45, 2.75) is 19.0 Å². The summed E-state index contributed by atoms with van der Waals surface area (Å²) >= 11 is 0. The molecule has 2 amide bonds. The van der Waals surface area contributed by atoms with E-state index in [2.05, 4.69) is 16.4 Å². The molecule has 150 valence electrons. The second-order valence-electron chi connectivity index (χ2n) is 7.38. The van der Waals surface area contributed by atoms with E-state index in [4.69, 9.17) is 4.42 Å². The molecule has 3 heterocycles. The maximum absolute atomic E-state index is 13.2. The normalized spacial score (nSPS) is 15.5. The van der Waals surface area contributed by atoms with Crippen LogP contribution in [0, 0.1) is 0 Å². The standard InChI is InChI=1S/C24H21N3O3/c28-22(26-14-16-6-5-13-30-16)11-12-27-23(18-8-1-2-9-19(18)24(27)29)20-15-25-21-10-4-3-7-17(20)21/h1-10,13,15,23,25H,11-12,14H2,(H,26,28)/t23-/m1/s1. The van der Waals surface area contributed by atoms with Gasteiger partial charge in [-0.05, 0) is 29.8 Å². The average molecular weight is 399 g/mol. The number of aromatic amines is 1. The number of benzene rings is 2. The molecule has 0 bridgehead atoms. The Kier molecular flexibility index (Phi) is 4.59. The fraction of sp³-hybridized carbons (Fsp3) is 0.167. The van der Waals surface area contributed by atoms with Crippen molar-refractivity contribution in [1.29, 1.82) is 0 Å². The highest BCUT2D eigenvalue weighted by Gasteiger charge is 2.38. The number of hydrogen-bond acceptors (Lipinski definition) is 3. The van der Waals surface area contributed by atoms with E-state index in [1.807, 2.05) is 54.7 Å². The summed E-state index contributed by atoms with van der Waals surface area (Å²) in [6, 6.07) is 19.1. The molecule has 0 unspecified atom stereocenters. The van der Waals surface area contributed by atoms with Crippen LogP contribution in [0.3, 0.4) is 0 Å². The minimum atomic E-state index is -0.220. The van der Waals surface area contributed by atoms with Crippen LogP contribution in [-0.2, 0) is 11.3 Å². The fourth-order valence-electron chi connectivity index (χ4n) is 4.17. The molecular weight excluding hydrogens is 378 g/mol. The van der Waals surface area contributed by atoms with Gasteiger partial charge in [0.25, 0.3) is 5.91 Å². The predicted octanol–water partition coefficient (Wildman–Crippen LogP) is 4.01. The molecule has 2 aromatic carbocycles. The first-order valence-electron chi connectivity index (χ1n) is 9.97. The minimum absolute atomic E-state index is 0.0419. The van der Waals surface area contributed by atoms with Crippen LogP contribution in [0.25, 0.3) is 10.9 Å². The van der Waals surface area contributed by atoms with Gasteiger partial charge in [0.2, 0.25) is 5.91 Å². The maximum atomic E-state index is 13.2. The summed E-state index contributed by atoms with van der Waals surface area (Å²) in [5.41, 5.74) is 3.74. The highest BCUT2D eigenvalue weighted by molar-refractivity contribution is 6.01. The first kappa shape index (κ1) is 18.2.